The summed E-state index contributed by atoms with van der Waals surface area (Å²) in [6, 6.07) is 19.7. The fraction of sp³-hybridized carbons (Fsp3) is 0.0500. The molecule has 0 spiro atoms. The van der Waals surface area contributed by atoms with Gasteiger partial charge in [-0.05, 0) is 35.9 Å². The molecule has 3 N–H and O–H groups in total. The predicted molar refractivity (Wildman–Crippen MR) is 101 cm³/mol. The zero-order chi connectivity index (χ0) is 17.1. The highest BCUT2D eigenvalue weighted by atomic mass is 15.0. The van der Waals surface area contributed by atoms with Crippen molar-refractivity contribution in [2.45, 2.75) is 6.54 Å². The third-order valence-electron chi connectivity index (χ3n) is 3.96. The molecule has 0 fully saturated rings. The van der Waals surface area contributed by atoms with Crippen LogP contribution in [0.1, 0.15) is 5.56 Å². The van der Waals surface area contributed by atoms with Crippen molar-refractivity contribution >= 4 is 22.4 Å². The number of nitrogens with one attached hydrogen (secondary N) is 1. The fourth-order valence-corrected chi connectivity index (χ4v) is 2.69. The molecule has 0 saturated carbocycles. The number of anilines is 2. The van der Waals surface area contributed by atoms with Crippen LogP contribution in [0.25, 0.3) is 22.3 Å². The second-order valence-electron chi connectivity index (χ2n) is 5.75. The van der Waals surface area contributed by atoms with Crippen molar-refractivity contribution in [1.29, 1.82) is 0 Å². The Kier molecular flexibility index (Phi) is 3.96. The second kappa shape index (κ2) is 6.57. The molecule has 0 atom stereocenters. The van der Waals surface area contributed by atoms with Gasteiger partial charge in [0.2, 0.25) is 0 Å². The normalized spacial score (nSPS) is 10.7. The summed E-state index contributed by atoms with van der Waals surface area (Å²) in [6.45, 7) is 0.678. The van der Waals surface area contributed by atoms with Crippen LogP contribution < -0.4 is 11.1 Å². The summed E-state index contributed by atoms with van der Waals surface area (Å²) in [4.78, 5) is 13.4. The smallest absolute Gasteiger partial charge is 0.162 e. The van der Waals surface area contributed by atoms with Crippen LogP contribution in [0.5, 0.6) is 0 Å². The van der Waals surface area contributed by atoms with Crippen LogP contribution in [0.3, 0.4) is 0 Å². The van der Waals surface area contributed by atoms with E-state index in [0.29, 0.717) is 18.1 Å². The van der Waals surface area contributed by atoms with Gasteiger partial charge in [-0.3, -0.25) is 4.98 Å². The maximum Gasteiger partial charge on any atom is 0.162 e. The third kappa shape index (κ3) is 3.26. The van der Waals surface area contributed by atoms with E-state index in [1.165, 1.54) is 5.56 Å². The minimum atomic E-state index is 0.662. The summed E-state index contributed by atoms with van der Waals surface area (Å²) < 4.78 is 0. The molecular weight excluding hydrogens is 310 g/mol. The lowest BCUT2D eigenvalue weighted by Crippen LogP contribution is -2.04. The molecule has 0 aliphatic heterocycles. The van der Waals surface area contributed by atoms with Crippen LogP contribution in [0.15, 0.2) is 73.1 Å². The minimum Gasteiger partial charge on any atom is -0.399 e. The molecule has 0 radical (unpaired) electrons. The van der Waals surface area contributed by atoms with Crippen LogP contribution >= 0.6 is 0 Å². The molecule has 122 valence electrons. The third-order valence-corrected chi connectivity index (χ3v) is 3.96. The van der Waals surface area contributed by atoms with Gasteiger partial charge in [-0.1, -0.05) is 30.3 Å². The number of nitrogens with zero attached hydrogens (tertiary/aromatic N) is 3. The van der Waals surface area contributed by atoms with E-state index in [-0.39, 0.29) is 0 Å². The Morgan fingerprint density at radius 1 is 0.880 bits per heavy atom. The zero-order valence-electron chi connectivity index (χ0n) is 13.6. The van der Waals surface area contributed by atoms with Gasteiger partial charge in [0.15, 0.2) is 5.82 Å². The predicted octanol–water partition coefficient (Wildman–Crippen LogP) is 3.89. The maximum absolute atomic E-state index is 5.96. The Balaban J connectivity index is 1.78. The van der Waals surface area contributed by atoms with Gasteiger partial charge < -0.3 is 11.1 Å². The molecule has 0 unspecified atom stereocenters. The summed E-state index contributed by atoms with van der Waals surface area (Å²) in [5.41, 5.74) is 9.61. The van der Waals surface area contributed by atoms with Crippen LogP contribution in [0.4, 0.5) is 11.5 Å². The van der Waals surface area contributed by atoms with Gasteiger partial charge >= 0.3 is 0 Å². The van der Waals surface area contributed by atoms with Crippen LogP contribution in [-0.2, 0) is 6.54 Å². The van der Waals surface area contributed by atoms with Gasteiger partial charge in [0.1, 0.15) is 5.82 Å². The Hall–Kier alpha value is -3.47. The number of nitrogen functional groups attached to an aromatic ring is 1. The first-order valence-electron chi connectivity index (χ1n) is 8.05. The van der Waals surface area contributed by atoms with Crippen molar-refractivity contribution < 1.29 is 0 Å². The molecule has 5 heteroatoms. The lowest BCUT2D eigenvalue weighted by molar-refractivity contribution is 1.10. The van der Waals surface area contributed by atoms with Gasteiger partial charge in [0.25, 0.3) is 0 Å². The van der Waals surface area contributed by atoms with E-state index >= 15 is 0 Å². The fourth-order valence-electron chi connectivity index (χ4n) is 2.69. The summed E-state index contributed by atoms with van der Waals surface area (Å²) in [5.74, 6) is 1.43. The molecule has 2 aromatic carbocycles. The van der Waals surface area contributed by atoms with Crippen molar-refractivity contribution in [2.75, 3.05) is 11.1 Å². The van der Waals surface area contributed by atoms with Gasteiger partial charge in [0, 0.05) is 35.6 Å². The van der Waals surface area contributed by atoms with Gasteiger partial charge in [-0.25, -0.2) is 9.97 Å². The second-order valence-corrected chi connectivity index (χ2v) is 5.75. The van der Waals surface area contributed by atoms with E-state index in [9.17, 15) is 0 Å². The number of pyridine rings is 1. The largest absolute Gasteiger partial charge is 0.399 e. The highest BCUT2D eigenvalue weighted by Crippen LogP contribution is 2.26. The topological polar surface area (TPSA) is 76.7 Å². The number of fused-ring (bicyclic) bond motifs is 1. The quantitative estimate of drug-likeness (QED) is 0.556. The number of hydrogen-bond donors (Lipinski definition) is 2. The molecular formula is C20H17N5. The Labute approximate surface area is 145 Å². The van der Waals surface area contributed by atoms with E-state index < -0.39 is 0 Å². The molecule has 25 heavy (non-hydrogen) atoms. The minimum absolute atomic E-state index is 0.662. The molecule has 0 bridgehead atoms. The number of benzene rings is 2. The molecule has 2 aromatic heterocycles. The summed E-state index contributed by atoms with van der Waals surface area (Å²) >= 11 is 0. The summed E-state index contributed by atoms with van der Waals surface area (Å²) in [5, 5.41) is 4.33. The average molecular weight is 327 g/mol. The highest BCUT2D eigenvalue weighted by molar-refractivity contribution is 5.92. The van der Waals surface area contributed by atoms with E-state index in [4.69, 9.17) is 10.7 Å². The average Bonchev–Trinajstić information content (AvgIpc) is 2.67. The van der Waals surface area contributed by atoms with Crippen LogP contribution in [-0.4, -0.2) is 15.0 Å². The Morgan fingerprint density at radius 2 is 1.68 bits per heavy atom. The van der Waals surface area contributed by atoms with E-state index in [1.54, 1.807) is 12.4 Å². The summed E-state index contributed by atoms with van der Waals surface area (Å²) in [6.07, 6.45) is 3.48. The zero-order valence-corrected chi connectivity index (χ0v) is 13.6. The van der Waals surface area contributed by atoms with Gasteiger partial charge in [-0.2, -0.15) is 0 Å². The SMILES string of the molecule is Nc1ccc2nc(-c3ccncc3)nc(NCc3ccccc3)c2c1. The Morgan fingerprint density at radius 3 is 2.48 bits per heavy atom. The van der Waals surface area contributed by atoms with Crippen molar-refractivity contribution in [2.24, 2.45) is 0 Å². The number of hydrogen-bond acceptors (Lipinski definition) is 5. The molecule has 0 saturated heterocycles. The number of rotatable bonds is 4. The molecule has 4 rings (SSSR count). The van der Waals surface area contributed by atoms with Crippen molar-refractivity contribution in [3.05, 3.63) is 78.6 Å². The molecule has 0 aliphatic carbocycles. The van der Waals surface area contributed by atoms with Crippen LogP contribution in [0.2, 0.25) is 0 Å². The lowest BCUT2D eigenvalue weighted by atomic mass is 10.1. The van der Waals surface area contributed by atoms with Crippen molar-refractivity contribution in [1.82, 2.24) is 15.0 Å². The van der Waals surface area contributed by atoms with Crippen molar-refractivity contribution in [3.63, 3.8) is 0 Å². The first-order valence-corrected chi connectivity index (χ1v) is 8.05. The molecule has 0 amide bonds. The van der Waals surface area contributed by atoms with E-state index in [0.717, 1.165) is 22.3 Å². The molecule has 5 nitrogen and oxygen atoms in total. The molecule has 2 heterocycles. The standard InChI is InChI=1S/C20H17N5/c21-16-6-7-18-17(12-16)20(23-13-14-4-2-1-3-5-14)25-19(24-18)15-8-10-22-11-9-15/h1-12H,13,21H2,(H,23,24,25). The lowest BCUT2D eigenvalue weighted by Gasteiger charge is -2.11. The first-order chi connectivity index (χ1) is 12.3. The number of aromatic nitrogens is 3. The molecule has 0 aliphatic rings. The van der Waals surface area contributed by atoms with Crippen molar-refractivity contribution in [3.8, 4) is 11.4 Å². The first kappa shape index (κ1) is 15.1. The number of nitrogens with two attached hydrogens (primary N) is 1. The van der Waals surface area contributed by atoms with E-state index in [1.807, 2.05) is 48.5 Å². The maximum atomic E-state index is 5.96. The van der Waals surface area contributed by atoms with Gasteiger partial charge in [-0.15, -0.1) is 0 Å². The van der Waals surface area contributed by atoms with Crippen LogP contribution in [0, 0.1) is 0 Å². The monoisotopic (exact) mass is 327 g/mol. The Bertz CT molecular complexity index is 1000. The van der Waals surface area contributed by atoms with E-state index in [2.05, 4.69) is 27.4 Å². The summed E-state index contributed by atoms with van der Waals surface area (Å²) in [7, 11) is 0. The highest BCUT2D eigenvalue weighted by Gasteiger charge is 2.10. The van der Waals surface area contributed by atoms with Gasteiger partial charge in [0.05, 0.1) is 5.52 Å². The molecule has 4 aromatic rings.